The summed E-state index contributed by atoms with van der Waals surface area (Å²) in [6.45, 7) is 5.36. The molecule has 1 aliphatic heterocycles. The SMILES string of the molecule is CC(=O)c1ccc(N2CCN(CC(=O)Nc3nccs3)CC2)cc1. The molecule has 7 heteroatoms. The lowest BCUT2D eigenvalue weighted by atomic mass is 10.1. The van der Waals surface area contributed by atoms with Crippen molar-refractivity contribution < 1.29 is 9.59 Å². The standard InChI is InChI=1S/C17H20N4O2S/c1-13(22)14-2-4-15(5-3-14)21-9-7-20(8-10-21)12-16(23)19-17-18-6-11-24-17/h2-6,11H,7-10,12H2,1H3,(H,18,19,23). The molecule has 2 aromatic rings. The first-order chi connectivity index (χ1) is 11.6. The number of hydrogen-bond acceptors (Lipinski definition) is 6. The van der Waals surface area contributed by atoms with E-state index in [1.165, 1.54) is 11.3 Å². The number of anilines is 2. The molecule has 1 fully saturated rings. The van der Waals surface area contributed by atoms with Crippen LogP contribution in [0.15, 0.2) is 35.8 Å². The lowest BCUT2D eigenvalue weighted by molar-refractivity contribution is -0.117. The predicted octanol–water partition coefficient (Wildman–Crippen LogP) is 2.11. The first-order valence-corrected chi connectivity index (χ1v) is 8.77. The van der Waals surface area contributed by atoms with Gasteiger partial charge in [0.2, 0.25) is 5.91 Å². The molecule has 2 heterocycles. The van der Waals surface area contributed by atoms with E-state index in [0.29, 0.717) is 11.7 Å². The molecule has 1 aromatic heterocycles. The number of benzene rings is 1. The molecule has 0 spiro atoms. The number of rotatable bonds is 5. The molecule has 3 rings (SSSR count). The van der Waals surface area contributed by atoms with Gasteiger partial charge in [0.1, 0.15) is 0 Å². The number of nitrogens with one attached hydrogen (secondary N) is 1. The van der Waals surface area contributed by atoms with Gasteiger partial charge < -0.3 is 10.2 Å². The average molecular weight is 344 g/mol. The predicted molar refractivity (Wildman–Crippen MR) is 95.8 cm³/mol. The number of amides is 1. The minimum atomic E-state index is -0.0239. The van der Waals surface area contributed by atoms with Gasteiger partial charge in [0.05, 0.1) is 6.54 Å². The molecular weight excluding hydrogens is 324 g/mol. The molecule has 0 atom stereocenters. The first-order valence-electron chi connectivity index (χ1n) is 7.89. The second-order valence-electron chi connectivity index (χ2n) is 5.75. The van der Waals surface area contributed by atoms with Crippen LogP contribution in [0.5, 0.6) is 0 Å². The molecule has 0 bridgehead atoms. The fourth-order valence-electron chi connectivity index (χ4n) is 2.72. The summed E-state index contributed by atoms with van der Waals surface area (Å²) < 4.78 is 0. The maximum Gasteiger partial charge on any atom is 0.240 e. The molecule has 1 saturated heterocycles. The van der Waals surface area contributed by atoms with E-state index in [4.69, 9.17) is 0 Å². The van der Waals surface area contributed by atoms with Crippen LogP contribution in [0.25, 0.3) is 0 Å². The molecular formula is C17H20N4O2S. The normalized spacial score (nSPS) is 15.3. The Morgan fingerprint density at radius 1 is 1.17 bits per heavy atom. The number of nitrogens with zero attached hydrogens (tertiary/aromatic N) is 3. The van der Waals surface area contributed by atoms with E-state index in [-0.39, 0.29) is 11.7 Å². The minimum Gasteiger partial charge on any atom is -0.369 e. The van der Waals surface area contributed by atoms with E-state index < -0.39 is 0 Å². The number of hydrogen-bond donors (Lipinski definition) is 1. The summed E-state index contributed by atoms with van der Waals surface area (Å²) in [4.78, 5) is 31.8. The van der Waals surface area contributed by atoms with Gasteiger partial charge in [0.25, 0.3) is 0 Å². The number of piperazine rings is 1. The lowest BCUT2D eigenvalue weighted by Crippen LogP contribution is -2.48. The zero-order chi connectivity index (χ0) is 16.9. The number of carbonyl (C=O) groups is 2. The number of aromatic nitrogens is 1. The Bertz CT molecular complexity index is 692. The lowest BCUT2D eigenvalue weighted by Gasteiger charge is -2.35. The van der Waals surface area contributed by atoms with Crippen LogP contribution in [0, 0.1) is 0 Å². The number of carbonyl (C=O) groups excluding carboxylic acids is 2. The van der Waals surface area contributed by atoms with Gasteiger partial charge >= 0.3 is 0 Å². The smallest absolute Gasteiger partial charge is 0.240 e. The van der Waals surface area contributed by atoms with Crippen molar-refractivity contribution in [1.82, 2.24) is 9.88 Å². The van der Waals surface area contributed by atoms with Crippen LogP contribution in [-0.2, 0) is 4.79 Å². The molecule has 126 valence electrons. The third-order valence-corrected chi connectivity index (χ3v) is 4.75. The van der Waals surface area contributed by atoms with Gasteiger partial charge in [-0.1, -0.05) is 0 Å². The van der Waals surface area contributed by atoms with Gasteiger partial charge in [0.15, 0.2) is 10.9 Å². The van der Waals surface area contributed by atoms with E-state index in [2.05, 4.69) is 20.1 Å². The van der Waals surface area contributed by atoms with Gasteiger partial charge in [-0.05, 0) is 31.2 Å². The molecule has 1 N–H and O–H groups in total. The van der Waals surface area contributed by atoms with E-state index >= 15 is 0 Å². The van der Waals surface area contributed by atoms with Crippen LogP contribution in [0.4, 0.5) is 10.8 Å². The van der Waals surface area contributed by atoms with Crippen LogP contribution >= 0.6 is 11.3 Å². The van der Waals surface area contributed by atoms with Crippen LogP contribution in [0.3, 0.4) is 0 Å². The molecule has 0 unspecified atom stereocenters. The van der Waals surface area contributed by atoms with Gasteiger partial charge in [-0.2, -0.15) is 0 Å². The summed E-state index contributed by atoms with van der Waals surface area (Å²) in [5, 5.41) is 5.29. The van der Waals surface area contributed by atoms with Gasteiger partial charge in [-0.25, -0.2) is 4.98 Å². The van der Waals surface area contributed by atoms with E-state index in [9.17, 15) is 9.59 Å². The Kier molecular flexibility index (Phi) is 5.22. The summed E-state index contributed by atoms with van der Waals surface area (Å²) in [5.41, 5.74) is 1.85. The third-order valence-electron chi connectivity index (χ3n) is 4.06. The van der Waals surface area contributed by atoms with E-state index in [1.807, 2.05) is 29.6 Å². The van der Waals surface area contributed by atoms with Crippen LogP contribution < -0.4 is 10.2 Å². The zero-order valence-corrected chi connectivity index (χ0v) is 14.4. The molecule has 6 nitrogen and oxygen atoms in total. The molecule has 1 aliphatic rings. The number of Topliss-reactive ketones (excluding diaryl/α,β-unsaturated/α-hetero) is 1. The Morgan fingerprint density at radius 3 is 2.46 bits per heavy atom. The average Bonchev–Trinajstić information content (AvgIpc) is 3.08. The summed E-state index contributed by atoms with van der Waals surface area (Å²) in [7, 11) is 0. The van der Waals surface area contributed by atoms with Crippen molar-refractivity contribution in [2.75, 3.05) is 42.9 Å². The molecule has 0 saturated carbocycles. The Balaban J connectivity index is 1.48. The highest BCUT2D eigenvalue weighted by atomic mass is 32.1. The topological polar surface area (TPSA) is 65.5 Å². The quantitative estimate of drug-likeness (QED) is 0.842. The van der Waals surface area contributed by atoms with Gasteiger partial charge in [0, 0.05) is 49.0 Å². The summed E-state index contributed by atoms with van der Waals surface area (Å²) >= 11 is 1.42. The first kappa shape index (κ1) is 16.6. The molecule has 24 heavy (non-hydrogen) atoms. The number of thiazole rings is 1. The highest BCUT2D eigenvalue weighted by molar-refractivity contribution is 7.13. The number of ketones is 1. The van der Waals surface area contributed by atoms with Crippen LogP contribution in [-0.4, -0.2) is 54.3 Å². The largest absolute Gasteiger partial charge is 0.369 e. The Labute approximate surface area is 145 Å². The second kappa shape index (κ2) is 7.55. The minimum absolute atomic E-state index is 0.0239. The second-order valence-corrected chi connectivity index (χ2v) is 6.65. The van der Waals surface area contributed by atoms with Crippen molar-refractivity contribution in [3.63, 3.8) is 0 Å². The molecule has 1 amide bonds. The molecule has 1 aromatic carbocycles. The van der Waals surface area contributed by atoms with Crippen LogP contribution in [0.1, 0.15) is 17.3 Å². The fourth-order valence-corrected chi connectivity index (χ4v) is 3.26. The Hall–Kier alpha value is -2.25. The monoisotopic (exact) mass is 344 g/mol. The van der Waals surface area contributed by atoms with E-state index in [1.54, 1.807) is 13.1 Å². The van der Waals surface area contributed by atoms with Crippen molar-refractivity contribution in [2.24, 2.45) is 0 Å². The van der Waals surface area contributed by atoms with Crippen molar-refractivity contribution in [3.05, 3.63) is 41.4 Å². The zero-order valence-electron chi connectivity index (χ0n) is 13.6. The van der Waals surface area contributed by atoms with E-state index in [0.717, 1.165) is 37.4 Å². The summed E-state index contributed by atoms with van der Waals surface area (Å²) in [6.07, 6.45) is 1.68. The van der Waals surface area contributed by atoms with Crippen molar-refractivity contribution >= 4 is 33.8 Å². The maximum atomic E-state index is 12.0. The maximum absolute atomic E-state index is 12.0. The van der Waals surface area contributed by atoms with Crippen LogP contribution in [0.2, 0.25) is 0 Å². The third kappa shape index (κ3) is 4.18. The van der Waals surface area contributed by atoms with Gasteiger partial charge in [-0.15, -0.1) is 11.3 Å². The molecule has 0 aliphatic carbocycles. The summed E-state index contributed by atoms with van der Waals surface area (Å²) in [5.74, 6) is 0.0572. The highest BCUT2D eigenvalue weighted by Crippen LogP contribution is 2.18. The fraction of sp³-hybridized carbons (Fsp3) is 0.353. The van der Waals surface area contributed by atoms with Crippen molar-refractivity contribution in [2.45, 2.75) is 6.92 Å². The van der Waals surface area contributed by atoms with Crippen molar-refractivity contribution in [3.8, 4) is 0 Å². The molecule has 0 radical (unpaired) electrons. The van der Waals surface area contributed by atoms with Gasteiger partial charge in [-0.3, -0.25) is 14.5 Å². The Morgan fingerprint density at radius 2 is 1.88 bits per heavy atom. The summed E-state index contributed by atoms with van der Waals surface area (Å²) in [6, 6.07) is 7.71. The van der Waals surface area contributed by atoms with Crippen molar-refractivity contribution in [1.29, 1.82) is 0 Å². The highest BCUT2D eigenvalue weighted by Gasteiger charge is 2.19.